The summed E-state index contributed by atoms with van der Waals surface area (Å²) in [5.74, 6) is 0.461. The Hall–Kier alpha value is -0.610. The Bertz CT molecular complexity index is 213. The summed E-state index contributed by atoms with van der Waals surface area (Å²) in [5.41, 5.74) is 0. The van der Waals surface area contributed by atoms with Gasteiger partial charge in [0.15, 0.2) is 0 Å². The number of hydrogen-bond donors (Lipinski definition) is 1. The van der Waals surface area contributed by atoms with Gasteiger partial charge in [-0.15, -0.1) is 0 Å². The number of rotatable bonds is 5. The van der Waals surface area contributed by atoms with E-state index in [4.69, 9.17) is 4.74 Å². The van der Waals surface area contributed by atoms with Gasteiger partial charge in [-0.05, 0) is 19.3 Å². The molecule has 4 nitrogen and oxygen atoms in total. The lowest BCUT2D eigenvalue weighted by Crippen LogP contribution is -2.52. The van der Waals surface area contributed by atoms with Gasteiger partial charge in [-0.3, -0.25) is 9.69 Å². The van der Waals surface area contributed by atoms with E-state index < -0.39 is 0 Å². The highest BCUT2D eigenvalue weighted by Gasteiger charge is 2.28. The van der Waals surface area contributed by atoms with Crippen molar-refractivity contribution in [1.29, 1.82) is 0 Å². The highest BCUT2D eigenvalue weighted by molar-refractivity contribution is 5.75. The van der Waals surface area contributed by atoms with Gasteiger partial charge in [-0.2, -0.15) is 0 Å². The van der Waals surface area contributed by atoms with Crippen molar-refractivity contribution in [2.75, 3.05) is 32.8 Å². The Morgan fingerprint density at radius 2 is 2.00 bits per heavy atom. The molecule has 1 N–H and O–H groups in total. The van der Waals surface area contributed by atoms with E-state index in [1.165, 1.54) is 0 Å². The van der Waals surface area contributed by atoms with Gasteiger partial charge in [0.1, 0.15) is 6.04 Å². The molecule has 1 saturated heterocycles. The summed E-state index contributed by atoms with van der Waals surface area (Å²) >= 11 is 0. The Morgan fingerprint density at radius 1 is 1.38 bits per heavy atom. The van der Waals surface area contributed by atoms with Crippen LogP contribution < -0.4 is 5.32 Å². The van der Waals surface area contributed by atoms with Crippen LogP contribution in [0.4, 0.5) is 0 Å². The predicted molar refractivity (Wildman–Crippen MR) is 64.3 cm³/mol. The molecule has 16 heavy (non-hydrogen) atoms. The summed E-state index contributed by atoms with van der Waals surface area (Å²) in [7, 11) is 0. The maximum atomic E-state index is 11.9. The zero-order chi connectivity index (χ0) is 12.0. The quantitative estimate of drug-likeness (QED) is 0.709. The van der Waals surface area contributed by atoms with Gasteiger partial charge < -0.3 is 10.1 Å². The molecule has 0 aliphatic carbocycles. The normalized spacial score (nSPS) is 19.8. The SMILES string of the molecule is CCOC(=O)C(CC(C)C)N1CCNCC1. The fourth-order valence-corrected chi connectivity index (χ4v) is 2.07. The third-order valence-electron chi connectivity index (χ3n) is 2.85. The van der Waals surface area contributed by atoms with Crippen LogP contribution in [0.1, 0.15) is 27.2 Å². The van der Waals surface area contributed by atoms with Crippen molar-refractivity contribution in [1.82, 2.24) is 10.2 Å². The molecule has 1 aliphatic rings. The summed E-state index contributed by atoms with van der Waals surface area (Å²) < 4.78 is 5.16. The molecule has 0 bridgehead atoms. The second kappa shape index (κ2) is 6.86. The summed E-state index contributed by atoms with van der Waals surface area (Å²) in [6.45, 7) is 10.4. The first-order valence-electron chi connectivity index (χ1n) is 6.26. The number of ether oxygens (including phenoxy) is 1. The van der Waals surface area contributed by atoms with Gasteiger partial charge in [-0.25, -0.2) is 0 Å². The van der Waals surface area contributed by atoms with Crippen molar-refractivity contribution in [2.24, 2.45) is 5.92 Å². The molecule has 4 heteroatoms. The molecule has 1 fully saturated rings. The van der Waals surface area contributed by atoms with Gasteiger partial charge >= 0.3 is 5.97 Å². The lowest BCUT2D eigenvalue weighted by molar-refractivity contribution is -0.150. The van der Waals surface area contributed by atoms with E-state index in [9.17, 15) is 4.79 Å². The number of nitrogens with zero attached hydrogens (tertiary/aromatic N) is 1. The van der Waals surface area contributed by atoms with Gasteiger partial charge in [0.2, 0.25) is 0 Å². The molecule has 0 spiro atoms. The van der Waals surface area contributed by atoms with Crippen LogP contribution >= 0.6 is 0 Å². The van der Waals surface area contributed by atoms with E-state index in [0.29, 0.717) is 12.5 Å². The molecular weight excluding hydrogens is 204 g/mol. The minimum atomic E-state index is -0.0573. The van der Waals surface area contributed by atoms with Crippen LogP contribution in [0.15, 0.2) is 0 Å². The largest absolute Gasteiger partial charge is 0.465 e. The molecule has 1 aliphatic heterocycles. The van der Waals surface area contributed by atoms with E-state index in [0.717, 1.165) is 32.6 Å². The standard InChI is InChI=1S/C12H24N2O2/c1-4-16-12(15)11(9-10(2)3)14-7-5-13-6-8-14/h10-11,13H,4-9H2,1-3H3. The Labute approximate surface area is 98.3 Å². The lowest BCUT2D eigenvalue weighted by atomic mass is 10.0. The van der Waals surface area contributed by atoms with E-state index >= 15 is 0 Å². The summed E-state index contributed by atoms with van der Waals surface area (Å²) in [4.78, 5) is 14.1. The number of carbonyl (C=O) groups excluding carboxylic acids is 1. The number of nitrogens with one attached hydrogen (secondary N) is 1. The van der Waals surface area contributed by atoms with E-state index in [2.05, 4.69) is 24.1 Å². The lowest BCUT2D eigenvalue weighted by Gasteiger charge is -2.34. The molecule has 0 saturated carbocycles. The van der Waals surface area contributed by atoms with Crippen molar-refractivity contribution in [3.63, 3.8) is 0 Å². The van der Waals surface area contributed by atoms with Gasteiger partial charge in [-0.1, -0.05) is 13.8 Å². The van der Waals surface area contributed by atoms with Crippen molar-refractivity contribution in [3.8, 4) is 0 Å². The Balaban J connectivity index is 2.57. The first-order chi connectivity index (χ1) is 7.65. The van der Waals surface area contributed by atoms with Gasteiger partial charge in [0, 0.05) is 26.2 Å². The molecule has 1 unspecified atom stereocenters. The number of esters is 1. The molecule has 94 valence electrons. The molecule has 1 heterocycles. The first-order valence-corrected chi connectivity index (χ1v) is 6.26. The van der Waals surface area contributed by atoms with E-state index in [-0.39, 0.29) is 12.0 Å². The topological polar surface area (TPSA) is 41.6 Å². The maximum Gasteiger partial charge on any atom is 0.323 e. The predicted octanol–water partition coefficient (Wildman–Crippen LogP) is 0.869. The minimum absolute atomic E-state index is 0.0537. The third-order valence-corrected chi connectivity index (χ3v) is 2.85. The molecule has 1 atom stereocenters. The zero-order valence-electron chi connectivity index (χ0n) is 10.7. The van der Waals surface area contributed by atoms with E-state index in [1.54, 1.807) is 0 Å². The second-order valence-corrected chi connectivity index (χ2v) is 4.68. The second-order valence-electron chi connectivity index (χ2n) is 4.68. The van der Waals surface area contributed by atoms with Crippen LogP contribution in [0, 0.1) is 5.92 Å². The number of hydrogen-bond acceptors (Lipinski definition) is 4. The fraction of sp³-hybridized carbons (Fsp3) is 0.917. The van der Waals surface area contributed by atoms with Gasteiger partial charge in [0.05, 0.1) is 6.61 Å². The number of piperazine rings is 1. The molecule has 0 aromatic carbocycles. The van der Waals surface area contributed by atoms with Crippen LogP contribution in [-0.4, -0.2) is 49.7 Å². The summed E-state index contributed by atoms with van der Waals surface area (Å²) in [6, 6.07) is -0.0537. The van der Waals surface area contributed by atoms with Crippen LogP contribution in [0.5, 0.6) is 0 Å². The van der Waals surface area contributed by atoms with Crippen molar-refractivity contribution >= 4 is 5.97 Å². The summed E-state index contributed by atoms with van der Waals surface area (Å²) in [5, 5.41) is 3.30. The van der Waals surface area contributed by atoms with E-state index in [1.807, 2.05) is 6.92 Å². The van der Waals surface area contributed by atoms with Gasteiger partial charge in [0.25, 0.3) is 0 Å². The molecule has 0 radical (unpaired) electrons. The van der Waals surface area contributed by atoms with Crippen LogP contribution in [0.2, 0.25) is 0 Å². The highest BCUT2D eigenvalue weighted by atomic mass is 16.5. The van der Waals surface area contributed by atoms with Crippen LogP contribution in [0.25, 0.3) is 0 Å². The average molecular weight is 228 g/mol. The smallest absolute Gasteiger partial charge is 0.323 e. The molecule has 0 aromatic heterocycles. The number of carbonyl (C=O) groups is 1. The first kappa shape index (κ1) is 13.5. The van der Waals surface area contributed by atoms with Crippen LogP contribution in [0.3, 0.4) is 0 Å². The summed E-state index contributed by atoms with van der Waals surface area (Å²) in [6.07, 6.45) is 0.888. The molecule has 0 amide bonds. The Morgan fingerprint density at radius 3 is 2.50 bits per heavy atom. The van der Waals surface area contributed by atoms with Crippen molar-refractivity contribution < 1.29 is 9.53 Å². The molecule has 1 rings (SSSR count). The molecule has 0 aromatic rings. The monoisotopic (exact) mass is 228 g/mol. The van der Waals surface area contributed by atoms with Crippen molar-refractivity contribution in [2.45, 2.75) is 33.2 Å². The third kappa shape index (κ3) is 4.10. The maximum absolute atomic E-state index is 11.9. The Kier molecular flexibility index (Phi) is 5.77. The zero-order valence-corrected chi connectivity index (χ0v) is 10.7. The highest BCUT2D eigenvalue weighted by Crippen LogP contribution is 2.14. The minimum Gasteiger partial charge on any atom is -0.465 e. The fourth-order valence-electron chi connectivity index (χ4n) is 2.07. The average Bonchev–Trinajstić information content (AvgIpc) is 2.27. The van der Waals surface area contributed by atoms with Crippen molar-refractivity contribution in [3.05, 3.63) is 0 Å². The molecular formula is C12H24N2O2. The van der Waals surface area contributed by atoms with Crippen LogP contribution in [-0.2, 0) is 9.53 Å².